The third kappa shape index (κ3) is 3.18. The van der Waals surface area contributed by atoms with E-state index >= 15 is 0 Å². The molecule has 112 valence electrons. The maximum Gasteiger partial charge on any atom is 0.226 e. The molecule has 0 saturated carbocycles. The standard InChI is InChI=1S/C15H8BrClFIN2O/c16-11-10(19)6-9-13(12(11)18)20-15(17)21-14(9)22-7-8-4-2-1-3-5-8/h1-6H,7H2. The minimum absolute atomic E-state index is 0.0532. The highest BCUT2D eigenvalue weighted by Crippen LogP contribution is 2.33. The minimum Gasteiger partial charge on any atom is -0.472 e. The molecule has 3 nitrogen and oxygen atoms in total. The van der Waals surface area contributed by atoms with Crippen LogP contribution in [0, 0.1) is 9.39 Å². The summed E-state index contributed by atoms with van der Waals surface area (Å²) < 4.78 is 21.1. The van der Waals surface area contributed by atoms with Gasteiger partial charge in [0, 0.05) is 3.57 Å². The van der Waals surface area contributed by atoms with Crippen molar-refractivity contribution in [1.29, 1.82) is 0 Å². The largest absolute Gasteiger partial charge is 0.472 e. The second kappa shape index (κ2) is 6.64. The lowest BCUT2D eigenvalue weighted by Gasteiger charge is -2.10. The number of benzene rings is 2. The van der Waals surface area contributed by atoms with Crippen molar-refractivity contribution < 1.29 is 9.13 Å². The third-order valence-electron chi connectivity index (χ3n) is 2.98. The predicted molar refractivity (Wildman–Crippen MR) is 95.7 cm³/mol. The van der Waals surface area contributed by atoms with E-state index < -0.39 is 5.82 Å². The molecule has 0 aliphatic rings. The van der Waals surface area contributed by atoms with Crippen LogP contribution in [0.25, 0.3) is 10.9 Å². The molecule has 0 aliphatic heterocycles. The molecule has 22 heavy (non-hydrogen) atoms. The van der Waals surface area contributed by atoms with Gasteiger partial charge >= 0.3 is 0 Å². The molecule has 0 fully saturated rings. The average Bonchev–Trinajstić information content (AvgIpc) is 2.52. The van der Waals surface area contributed by atoms with Crippen molar-refractivity contribution in [3.63, 3.8) is 0 Å². The summed E-state index contributed by atoms with van der Waals surface area (Å²) in [5.74, 6) is -0.209. The smallest absolute Gasteiger partial charge is 0.226 e. The molecular weight excluding hydrogens is 485 g/mol. The van der Waals surface area contributed by atoms with E-state index in [0.717, 1.165) is 5.56 Å². The highest BCUT2D eigenvalue weighted by Gasteiger charge is 2.17. The Kier molecular flexibility index (Phi) is 4.79. The zero-order valence-corrected chi connectivity index (χ0v) is 15.5. The summed E-state index contributed by atoms with van der Waals surface area (Å²) >= 11 is 11.1. The molecular formula is C15H8BrClFIN2O. The van der Waals surface area contributed by atoms with Crippen LogP contribution in [0.3, 0.4) is 0 Å². The molecule has 0 bridgehead atoms. The van der Waals surface area contributed by atoms with Gasteiger partial charge in [-0.1, -0.05) is 30.3 Å². The van der Waals surface area contributed by atoms with Crippen LogP contribution in [0.5, 0.6) is 5.88 Å². The van der Waals surface area contributed by atoms with E-state index in [1.165, 1.54) is 0 Å². The summed E-state index contributed by atoms with van der Waals surface area (Å²) in [7, 11) is 0. The van der Waals surface area contributed by atoms with Gasteiger partial charge in [0.25, 0.3) is 0 Å². The van der Waals surface area contributed by atoms with Gasteiger partial charge in [-0.25, -0.2) is 9.37 Å². The van der Waals surface area contributed by atoms with E-state index in [1.807, 2.05) is 52.9 Å². The molecule has 0 saturated heterocycles. The van der Waals surface area contributed by atoms with Crippen molar-refractivity contribution >= 4 is 61.0 Å². The zero-order valence-electron chi connectivity index (χ0n) is 11.0. The van der Waals surface area contributed by atoms with E-state index in [9.17, 15) is 4.39 Å². The minimum atomic E-state index is -0.476. The van der Waals surface area contributed by atoms with E-state index in [-0.39, 0.29) is 16.7 Å². The Morgan fingerprint density at radius 2 is 1.95 bits per heavy atom. The molecule has 0 aliphatic carbocycles. The molecule has 3 aromatic rings. The van der Waals surface area contributed by atoms with Gasteiger partial charge in [-0.05, 0) is 61.8 Å². The Labute approximate surface area is 153 Å². The number of rotatable bonds is 3. The zero-order chi connectivity index (χ0) is 15.7. The summed E-state index contributed by atoms with van der Waals surface area (Å²) in [5, 5.41) is 0.438. The first kappa shape index (κ1) is 15.9. The maximum absolute atomic E-state index is 14.3. The topological polar surface area (TPSA) is 35.0 Å². The van der Waals surface area contributed by atoms with Crippen molar-refractivity contribution in [2.75, 3.05) is 0 Å². The molecule has 0 N–H and O–H groups in total. The monoisotopic (exact) mass is 492 g/mol. The Morgan fingerprint density at radius 1 is 1.23 bits per heavy atom. The molecule has 2 aromatic carbocycles. The number of fused-ring (bicyclic) bond motifs is 1. The molecule has 7 heteroatoms. The van der Waals surface area contributed by atoms with Gasteiger partial charge in [0.1, 0.15) is 12.1 Å². The van der Waals surface area contributed by atoms with Gasteiger partial charge in [-0.3, -0.25) is 0 Å². The first-order valence-corrected chi connectivity index (χ1v) is 8.48. The van der Waals surface area contributed by atoms with Crippen LogP contribution in [-0.4, -0.2) is 9.97 Å². The second-order valence-electron chi connectivity index (χ2n) is 4.45. The number of ether oxygens (including phenoxy) is 1. The highest BCUT2D eigenvalue weighted by atomic mass is 127. The fourth-order valence-corrected chi connectivity index (χ4v) is 2.97. The van der Waals surface area contributed by atoms with Crippen LogP contribution in [0.1, 0.15) is 5.56 Å². The molecule has 0 unspecified atom stereocenters. The SMILES string of the molecule is Fc1c(Br)c(I)cc2c(OCc3ccccc3)nc(Cl)nc12. The van der Waals surface area contributed by atoms with E-state index in [1.54, 1.807) is 6.07 Å². The van der Waals surface area contributed by atoms with Gasteiger partial charge < -0.3 is 4.74 Å². The molecule has 1 aromatic heterocycles. The Bertz CT molecular complexity index is 848. The van der Waals surface area contributed by atoms with Crippen molar-refractivity contribution in [1.82, 2.24) is 9.97 Å². The fourth-order valence-electron chi connectivity index (χ4n) is 1.96. The van der Waals surface area contributed by atoms with Gasteiger partial charge in [-0.2, -0.15) is 4.98 Å². The molecule has 0 amide bonds. The van der Waals surface area contributed by atoms with Crippen LogP contribution in [0.15, 0.2) is 40.9 Å². The fraction of sp³-hybridized carbons (Fsp3) is 0.0667. The van der Waals surface area contributed by atoms with Gasteiger partial charge in [0.15, 0.2) is 5.82 Å². The van der Waals surface area contributed by atoms with Crippen LogP contribution >= 0.6 is 50.1 Å². The summed E-state index contributed by atoms with van der Waals surface area (Å²) in [5.41, 5.74) is 1.12. The van der Waals surface area contributed by atoms with Crippen molar-refractivity contribution in [3.8, 4) is 5.88 Å². The summed E-state index contributed by atoms with van der Waals surface area (Å²) in [6.07, 6.45) is 0. The Balaban J connectivity index is 2.05. The lowest BCUT2D eigenvalue weighted by molar-refractivity contribution is 0.297. The second-order valence-corrected chi connectivity index (χ2v) is 6.75. The number of nitrogens with zero attached hydrogens (tertiary/aromatic N) is 2. The normalized spacial score (nSPS) is 10.9. The van der Waals surface area contributed by atoms with E-state index in [0.29, 0.717) is 20.0 Å². The van der Waals surface area contributed by atoms with Crippen molar-refractivity contribution in [2.24, 2.45) is 0 Å². The molecule has 0 atom stereocenters. The van der Waals surface area contributed by atoms with Crippen molar-refractivity contribution in [3.05, 3.63) is 61.1 Å². The van der Waals surface area contributed by atoms with Crippen LogP contribution in [-0.2, 0) is 6.61 Å². The van der Waals surface area contributed by atoms with Crippen LogP contribution in [0.2, 0.25) is 5.28 Å². The molecule has 1 heterocycles. The Hall–Kier alpha value is -0.990. The molecule has 3 rings (SSSR count). The first-order valence-electron chi connectivity index (χ1n) is 6.23. The van der Waals surface area contributed by atoms with Crippen molar-refractivity contribution in [2.45, 2.75) is 6.61 Å². The van der Waals surface area contributed by atoms with Crippen LogP contribution < -0.4 is 4.74 Å². The Morgan fingerprint density at radius 3 is 2.68 bits per heavy atom. The molecule has 0 radical (unpaired) electrons. The number of halogens is 4. The van der Waals surface area contributed by atoms with E-state index in [4.69, 9.17) is 16.3 Å². The summed E-state index contributed by atoms with van der Waals surface area (Å²) in [6, 6.07) is 11.4. The average molecular weight is 494 g/mol. The lowest BCUT2D eigenvalue weighted by atomic mass is 10.2. The number of hydrogen-bond donors (Lipinski definition) is 0. The third-order valence-corrected chi connectivity index (χ3v) is 5.52. The summed E-state index contributed by atoms with van der Waals surface area (Å²) in [6.45, 7) is 0.317. The molecule has 0 spiro atoms. The van der Waals surface area contributed by atoms with Gasteiger partial charge in [0.05, 0.1) is 9.86 Å². The number of aromatic nitrogens is 2. The predicted octanol–water partition coefficient (Wildman–Crippen LogP) is 5.37. The lowest BCUT2D eigenvalue weighted by Crippen LogP contribution is -2.01. The van der Waals surface area contributed by atoms with E-state index in [2.05, 4.69) is 25.9 Å². The quantitative estimate of drug-likeness (QED) is 0.280. The van der Waals surface area contributed by atoms with Gasteiger partial charge in [-0.15, -0.1) is 0 Å². The number of hydrogen-bond acceptors (Lipinski definition) is 3. The summed E-state index contributed by atoms with van der Waals surface area (Å²) in [4.78, 5) is 8.03. The first-order chi connectivity index (χ1) is 10.6. The highest BCUT2D eigenvalue weighted by molar-refractivity contribution is 14.1. The maximum atomic E-state index is 14.3. The van der Waals surface area contributed by atoms with Gasteiger partial charge in [0.2, 0.25) is 11.2 Å². The van der Waals surface area contributed by atoms with Crippen LogP contribution in [0.4, 0.5) is 4.39 Å².